The molecule has 3 atom stereocenters. The number of carbonyl (C=O) groups is 1. The highest BCUT2D eigenvalue weighted by Gasteiger charge is 2.58. The van der Waals surface area contributed by atoms with E-state index in [0.717, 1.165) is 16.7 Å². The smallest absolute Gasteiger partial charge is 0.325 e. The molecule has 0 bridgehead atoms. The van der Waals surface area contributed by atoms with Gasteiger partial charge >= 0.3 is 5.97 Å². The van der Waals surface area contributed by atoms with Gasteiger partial charge in [0.15, 0.2) is 0 Å². The van der Waals surface area contributed by atoms with Gasteiger partial charge in [-0.15, -0.1) is 0 Å². The van der Waals surface area contributed by atoms with Crippen molar-refractivity contribution < 1.29 is 9.53 Å². The van der Waals surface area contributed by atoms with Gasteiger partial charge in [0.2, 0.25) is 5.54 Å². The molecule has 0 radical (unpaired) electrons. The molecule has 144 valence electrons. The number of benzene rings is 2. The lowest BCUT2D eigenvalue weighted by molar-refractivity contribution is -0.151. The highest BCUT2D eigenvalue weighted by atomic mass is 16.5. The van der Waals surface area contributed by atoms with Gasteiger partial charge < -0.3 is 4.74 Å². The number of hydrogen-bond acceptors (Lipinski definition) is 7. The average molecular weight is 385 g/mol. The van der Waals surface area contributed by atoms with E-state index in [-0.39, 0.29) is 6.61 Å². The van der Waals surface area contributed by atoms with E-state index in [1.54, 1.807) is 13.1 Å². The number of nitrogens with zero attached hydrogens (tertiary/aromatic N) is 4. The predicted molar refractivity (Wildman–Crippen MR) is 105 cm³/mol. The summed E-state index contributed by atoms with van der Waals surface area (Å²) in [7, 11) is 0. The highest BCUT2D eigenvalue weighted by Crippen LogP contribution is 2.45. The SMILES string of the molecule is CCOC(=O)[C@H]1N[C@@H](c2ccccc2)C(C#N)(C#N)N2N=Cc3ccccc3[C@H]12. The number of esters is 1. The van der Waals surface area contributed by atoms with Crippen molar-refractivity contribution in [1.82, 2.24) is 10.3 Å². The summed E-state index contributed by atoms with van der Waals surface area (Å²) in [6.45, 7) is 1.97. The molecule has 1 fully saturated rings. The minimum atomic E-state index is -1.64. The van der Waals surface area contributed by atoms with Crippen molar-refractivity contribution in [3.8, 4) is 12.1 Å². The van der Waals surface area contributed by atoms with E-state index in [9.17, 15) is 15.3 Å². The van der Waals surface area contributed by atoms with E-state index in [0.29, 0.717) is 0 Å². The molecule has 0 unspecified atom stereocenters. The molecule has 7 heteroatoms. The van der Waals surface area contributed by atoms with Crippen molar-refractivity contribution in [2.45, 2.75) is 30.6 Å². The number of carbonyl (C=O) groups excluding carboxylic acids is 1. The molecule has 2 aromatic carbocycles. The first-order chi connectivity index (χ1) is 14.2. The van der Waals surface area contributed by atoms with Crippen LogP contribution < -0.4 is 5.32 Å². The van der Waals surface area contributed by atoms with Crippen molar-refractivity contribution in [2.75, 3.05) is 6.61 Å². The van der Waals surface area contributed by atoms with Crippen LogP contribution in [0.3, 0.4) is 0 Å². The molecular formula is C22H19N5O2. The maximum atomic E-state index is 12.9. The molecule has 1 saturated heterocycles. The molecule has 4 rings (SSSR count). The van der Waals surface area contributed by atoms with Gasteiger partial charge in [0.1, 0.15) is 24.2 Å². The van der Waals surface area contributed by atoms with Crippen LogP contribution in [0.25, 0.3) is 0 Å². The maximum absolute atomic E-state index is 12.9. The maximum Gasteiger partial charge on any atom is 0.325 e. The second-order valence-corrected chi connectivity index (χ2v) is 6.89. The lowest BCUT2D eigenvalue weighted by atomic mass is 9.78. The van der Waals surface area contributed by atoms with Gasteiger partial charge in [-0.25, -0.2) is 0 Å². The van der Waals surface area contributed by atoms with Crippen molar-refractivity contribution >= 4 is 12.2 Å². The van der Waals surface area contributed by atoms with Gasteiger partial charge in [0.05, 0.1) is 18.9 Å². The van der Waals surface area contributed by atoms with Crippen molar-refractivity contribution in [2.24, 2.45) is 5.10 Å². The fraction of sp³-hybridized carbons (Fsp3) is 0.273. The molecule has 2 aliphatic heterocycles. The predicted octanol–water partition coefficient (Wildman–Crippen LogP) is 2.44. The molecule has 0 amide bonds. The Labute approximate surface area is 168 Å². The van der Waals surface area contributed by atoms with Crippen LogP contribution in [-0.4, -0.2) is 35.4 Å². The number of ether oxygens (including phenoxy) is 1. The topological polar surface area (TPSA) is 102 Å². The van der Waals surface area contributed by atoms with E-state index < -0.39 is 29.6 Å². The van der Waals surface area contributed by atoms with Crippen LogP contribution in [0.1, 0.15) is 35.7 Å². The first kappa shape index (κ1) is 18.7. The first-order valence-corrected chi connectivity index (χ1v) is 9.38. The number of nitriles is 2. The summed E-state index contributed by atoms with van der Waals surface area (Å²) < 4.78 is 5.32. The minimum absolute atomic E-state index is 0.228. The lowest BCUT2D eigenvalue weighted by Crippen LogP contribution is -2.67. The third-order valence-corrected chi connectivity index (χ3v) is 5.35. The first-order valence-electron chi connectivity index (χ1n) is 9.38. The third kappa shape index (κ3) is 2.84. The zero-order valence-corrected chi connectivity index (χ0v) is 15.8. The average Bonchev–Trinajstić information content (AvgIpc) is 2.78. The van der Waals surface area contributed by atoms with E-state index in [2.05, 4.69) is 22.6 Å². The molecule has 2 aliphatic rings. The summed E-state index contributed by atoms with van der Waals surface area (Å²) in [4.78, 5) is 12.9. The lowest BCUT2D eigenvalue weighted by Gasteiger charge is -2.51. The molecule has 29 heavy (non-hydrogen) atoms. The number of hydrazone groups is 1. The Morgan fingerprint density at radius 1 is 1.17 bits per heavy atom. The molecule has 2 heterocycles. The van der Waals surface area contributed by atoms with Crippen LogP contribution in [0, 0.1) is 22.7 Å². The summed E-state index contributed by atoms with van der Waals surface area (Å²) in [5.74, 6) is -0.445. The Hall–Kier alpha value is -3.68. The van der Waals surface area contributed by atoms with Crippen LogP contribution in [-0.2, 0) is 9.53 Å². The number of fused-ring (bicyclic) bond motifs is 3. The van der Waals surface area contributed by atoms with Gasteiger partial charge in [0.25, 0.3) is 0 Å². The quantitative estimate of drug-likeness (QED) is 0.815. The summed E-state index contributed by atoms with van der Waals surface area (Å²) in [5.41, 5.74) is 0.735. The molecule has 2 aromatic rings. The number of rotatable bonds is 3. The fourth-order valence-corrected chi connectivity index (χ4v) is 4.05. The standard InChI is InChI=1S/C22H19N5O2/c1-2-29-21(28)18-19-17-11-7-6-10-16(17)12-25-27(19)22(13-23,14-24)20(26-18)15-8-4-3-5-9-15/h3-12,18-20,26H,2H2,1H3/t18-,19+,20-/m0/s1. The van der Waals surface area contributed by atoms with E-state index in [1.165, 1.54) is 5.01 Å². The van der Waals surface area contributed by atoms with Crippen molar-refractivity contribution in [1.29, 1.82) is 10.5 Å². The van der Waals surface area contributed by atoms with E-state index in [4.69, 9.17) is 4.74 Å². The summed E-state index contributed by atoms with van der Waals surface area (Å²) >= 11 is 0. The zero-order valence-electron chi connectivity index (χ0n) is 15.8. The van der Waals surface area contributed by atoms with Gasteiger partial charge in [-0.3, -0.25) is 15.1 Å². The number of hydrogen-bond donors (Lipinski definition) is 1. The van der Waals surface area contributed by atoms with Crippen molar-refractivity contribution in [3.63, 3.8) is 0 Å². The van der Waals surface area contributed by atoms with Crippen LogP contribution in [0.15, 0.2) is 59.7 Å². The van der Waals surface area contributed by atoms with Gasteiger partial charge in [0, 0.05) is 0 Å². The largest absolute Gasteiger partial charge is 0.465 e. The normalized spacial score (nSPS) is 23.8. The summed E-state index contributed by atoms with van der Waals surface area (Å²) in [6, 6.07) is 18.8. The number of piperazine rings is 1. The monoisotopic (exact) mass is 385 g/mol. The van der Waals surface area contributed by atoms with Crippen LogP contribution in [0.2, 0.25) is 0 Å². The fourth-order valence-electron chi connectivity index (χ4n) is 4.05. The van der Waals surface area contributed by atoms with Crippen LogP contribution in [0.4, 0.5) is 0 Å². The Morgan fingerprint density at radius 2 is 1.86 bits per heavy atom. The van der Waals surface area contributed by atoms with Gasteiger partial charge in [-0.05, 0) is 23.6 Å². The molecule has 1 N–H and O–H groups in total. The Balaban J connectivity index is 1.91. The van der Waals surface area contributed by atoms with E-state index >= 15 is 0 Å². The molecular weight excluding hydrogens is 366 g/mol. The van der Waals surface area contributed by atoms with Crippen molar-refractivity contribution in [3.05, 3.63) is 71.3 Å². The molecule has 0 saturated carbocycles. The minimum Gasteiger partial charge on any atom is -0.465 e. The Bertz CT molecular complexity index is 1020. The molecule has 0 spiro atoms. The molecule has 7 nitrogen and oxygen atoms in total. The second kappa shape index (κ2) is 7.38. The van der Waals surface area contributed by atoms with E-state index in [1.807, 2.05) is 54.6 Å². The highest BCUT2D eigenvalue weighted by molar-refractivity contribution is 5.85. The Morgan fingerprint density at radius 3 is 2.55 bits per heavy atom. The second-order valence-electron chi connectivity index (χ2n) is 6.89. The number of nitrogens with one attached hydrogen (secondary N) is 1. The molecule has 0 aliphatic carbocycles. The van der Waals surface area contributed by atoms with Gasteiger partial charge in [-0.2, -0.15) is 15.6 Å². The van der Waals surface area contributed by atoms with Crippen LogP contribution >= 0.6 is 0 Å². The Kier molecular flexibility index (Phi) is 4.75. The van der Waals surface area contributed by atoms with Crippen LogP contribution in [0.5, 0.6) is 0 Å². The molecule has 0 aromatic heterocycles. The summed E-state index contributed by atoms with van der Waals surface area (Å²) in [6.07, 6.45) is 1.63. The summed E-state index contributed by atoms with van der Waals surface area (Å²) in [5, 5.41) is 29.5. The van der Waals surface area contributed by atoms with Gasteiger partial charge in [-0.1, -0.05) is 54.6 Å². The zero-order chi connectivity index (χ0) is 20.4. The third-order valence-electron chi connectivity index (χ3n) is 5.35.